The summed E-state index contributed by atoms with van der Waals surface area (Å²) in [4.78, 5) is 18.4. The topological polar surface area (TPSA) is 88.4 Å². The first-order chi connectivity index (χ1) is 14.3. The van der Waals surface area contributed by atoms with E-state index in [1.165, 1.54) is 31.2 Å². The van der Waals surface area contributed by atoms with Crippen LogP contribution in [0.3, 0.4) is 0 Å². The summed E-state index contributed by atoms with van der Waals surface area (Å²) in [5.41, 5.74) is 3.56. The molecule has 148 valence electrons. The number of aryl methyl sites for hydroxylation is 1. The maximum absolute atomic E-state index is 4.53. The number of benzene rings is 1. The number of imidazole rings is 1. The summed E-state index contributed by atoms with van der Waals surface area (Å²) < 4.78 is 2.04. The van der Waals surface area contributed by atoms with Crippen molar-refractivity contribution < 1.29 is 0 Å². The van der Waals surface area contributed by atoms with Gasteiger partial charge in [-0.25, -0.2) is 15.0 Å². The molecule has 1 aromatic carbocycles. The van der Waals surface area contributed by atoms with E-state index in [9.17, 15) is 0 Å². The minimum atomic E-state index is 0.507. The number of fused-ring (bicyclic) bond motifs is 1. The zero-order valence-electron chi connectivity index (χ0n) is 16.5. The smallest absolute Gasteiger partial charge is 0.227 e. The first kappa shape index (κ1) is 17.8. The highest BCUT2D eigenvalue weighted by atomic mass is 15.4. The summed E-state index contributed by atoms with van der Waals surface area (Å²) in [6.45, 7) is 1.02. The van der Waals surface area contributed by atoms with Gasteiger partial charge in [0.25, 0.3) is 0 Å². The van der Waals surface area contributed by atoms with E-state index in [1.54, 1.807) is 6.33 Å². The predicted molar refractivity (Wildman–Crippen MR) is 111 cm³/mol. The lowest BCUT2D eigenvalue weighted by atomic mass is 10.0. The second-order valence-electron chi connectivity index (χ2n) is 7.57. The van der Waals surface area contributed by atoms with Crippen LogP contribution in [0.1, 0.15) is 31.2 Å². The third-order valence-corrected chi connectivity index (χ3v) is 5.77. The van der Waals surface area contributed by atoms with Crippen molar-refractivity contribution in [3.05, 3.63) is 48.5 Å². The molecular formula is C21H24N8. The zero-order valence-corrected chi connectivity index (χ0v) is 16.5. The van der Waals surface area contributed by atoms with E-state index in [4.69, 9.17) is 0 Å². The largest absolute Gasteiger partial charge is 0.341 e. The summed E-state index contributed by atoms with van der Waals surface area (Å²) in [6, 6.07) is 11.2. The quantitative estimate of drug-likeness (QED) is 0.546. The van der Waals surface area contributed by atoms with Crippen LogP contribution in [0.5, 0.6) is 0 Å². The molecular weight excluding hydrogens is 364 g/mol. The van der Waals surface area contributed by atoms with Crippen LogP contribution in [0.4, 0.5) is 5.95 Å². The Morgan fingerprint density at radius 2 is 2.00 bits per heavy atom. The van der Waals surface area contributed by atoms with Crippen molar-refractivity contribution in [3.8, 4) is 11.5 Å². The fourth-order valence-corrected chi connectivity index (χ4v) is 4.30. The molecule has 4 heterocycles. The second-order valence-corrected chi connectivity index (χ2v) is 7.57. The van der Waals surface area contributed by atoms with E-state index < -0.39 is 0 Å². The van der Waals surface area contributed by atoms with E-state index in [0.717, 1.165) is 42.4 Å². The Morgan fingerprint density at radius 3 is 2.90 bits per heavy atom. The molecule has 1 N–H and O–H groups in total. The van der Waals surface area contributed by atoms with Crippen molar-refractivity contribution >= 4 is 17.1 Å². The fourth-order valence-electron chi connectivity index (χ4n) is 4.30. The number of anilines is 1. The number of hydrogen-bond acceptors (Lipinski definition) is 6. The molecule has 8 heteroatoms. The molecule has 0 saturated carbocycles. The van der Waals surface area contributed by atoms with E-state index in [2.05, 4.69) is 65.4 Å². The van der Waals surface area contributed by atoms with Gasteiger partial charge in [0.05, 0.1) is 6.33 Å². The monoisotopic (exact) mass is 388 g/mol. The second kappa shape index (κ2) is 7.62. The normalized spacial score (nSPS) is 16.7. The Balaban J connectivity index is 1.34. The Bertz CT molecular complexity index is 1100. The highest BCUT2D eigenvalue weighted by molar-refractivity contribution is 5.84. The molecule has 3 aromatic heterocycles. The molecule has 1 unspecified atom stereocenters. The molecule has 1 fully saturated rings. The van der Waals surface area contributed by atoms with Gasteiger partial charge in [-0.3, -0.25) is 4.57 Å². The molecule has 5 rings (SSSR count). The molecule has 1 atom stereocenters. The maximum Gasteiger partial charge on any atom is 0.227 e. The predicted octanol–water partition coefficient (Wildman–Crippen LogP) is 3.14. The molecule has 1 saturated heterocycles. The van der Waals surface area contributed by atoms with E-state index in [-0.39, 0.29) is 0 Å². The maximum atomic E-state index is 4.53. The van der Waals surface area contributed by atoms with Gasteiger partial charge in [-0.1, -0.05) is 30.3 Å². The van der Waals surface area contributed by atoms with E-state index in [1.807, 2.05) is 11.6 Å². The molecule has 1 aliphatic heterocycles. The van der Waals surface area contributed by atoms with E-state index in [0.29, 0.717) is 11.7 Å². The zero-order chi connectivity index (χ0) is 19.6. The van der Waals surface area contributed by atoms with Gasteiger partial charge in [-0.05, 0) is 37.7 Å². The molecule has 0 aliphatic carbocycles. The summed E-state index contributed by atoms with van der Waals surface area (Å²) in [5, 5.41) is 8.98. The van der Waals surface area contributed by atoms with Crippen LogP contribution in [0.25, 0.3) is 22.7 Å². The van der Waals surface area contributed by atoms with Crippen molar-refractivity contribution in [2.75, 3.05) is 11.4 Å². The van der Waals surface area contributed by atoms with Crippen LogP contribution in [0, 0.1) is 0 Å². The summed E-state index contributed by atoms with van der Waals surface area (Å²) >= 11 is 0. The van der Waals surface area contributed by atoms with Gasteiger partial charge in [0.2, 0.25) is 5.95 Å². The lowest BCUT2D eigenvalue weighted by Crippen LogP contribution is -2.31. The summed E-state index contributed by atoms with van der Waals surface area (Å²) in [6.07, 6.45) is 9.00. The average molecular weight is 388 g/mol. The Morgan fingerprint density at radius 1 is 1.10 bits per heavy atom. The molecule has 0 amide bonds. The van der Waals surface area contributed by atoms with Crippen LogP contribution in [-0.4, -0.2) is 47.3 Å². The van der Waals surface area contributed by atoms with Crippen LogP contribution in [-0.2, 0) is 13.5 Å². The van der Waals surface area contributed by atoms with Crippen molar-refractivity contribution in [1.82, 2.24) is 34.7 Å². The van der Waals surface area contributed by atoms with Gasteiger partial charge >= 0.3 is 0 Å². The van der Waals surface area contributed by atoms with E-state index >= 15 is 0 Å². The lowest BCUT2D eigenvalue weighted by Gasteiger charge is -2.25. The van der Waals surface area contributed by atoms with Crippen molar-refractivity contribution in [2.45, 2.75) is 38.1 Å². The summed E-state index contributed by atoms with van der Waals surface area (Å²) in [7, 11) is 2.01. The van der Waals surface area contributed by atoms with Crippen LogP contribution in [0.2, 0.25) is 0 Å². The summed E-state index contributed by atoms with van der Waals surface area (Å²) in [5.74, 6) is 1.64. The Hall–Kier alpha value is -3.29. The molecule has 4 aromatic rings. The number of hydrogen-bond donors (Lipinski definition) is 1. The molecule has 29 heavy (non-hydrogen) atoms. The molecule has 8 nitrogen and oxygen atoms in total. The number of aromatic amines is 1. The standard InChI is InChI=1S/C21H24N8/c1-28-20(18-17-19(24-13-22-17)25-14-23-18)26-27-21(28)29-12-6-11-16(29)10-5-9-15-7-3-2-4-8-15/h2-4,7-8,13-14,16H,5-6,9-12H2,1H3,(H,22,23,24,25). The minimum Gasteiger partial charge on any atom is -0.341 e. The first-order valence-electron chi connectivity index (χ1n) is 10.2. The third-order valence-electron chi connectivity index (χ3n) is 5.77. The van der Waals surface area contributed by atoms with Gasteiger partial charge < -0.3 is 9.88 Å². The molecule has 0 radical (unpaired) electrons. The number of H-pyrrole nitrogens is 1. The number of nitrogens with zero attached hydrogens (tertiary/aromatic N) is 7. The minimum absolute atomic E-state index is 0.507. The van der Waals surface area contributed by atoms with Crippen molar-refractivity contribution in [1.29, 1.82) is 0 Å². The number of rotatable bonds is 6. The number of nitrogens with one attached hydrogen (secondary N) is 1. The van der Waals surface area contributed by atoms with Gasteiger partial charge in [-0.2, -0.15) is 0 Å². The molecule has 0 spiro atoms. The van der Waals surface area contributed by atoms with Crippen LogP contribution in [0.15, 0.2) is 43.0 Å². The Kier molecular flexibility index (Phi) is 4.67. The van der Waals surface area contributed by atoms with Gasteiger partial charge in [0.1, 0.15) is 17.5 Å². The van der Waals surface area contributed by atoms with Gasteiger partial charge in [0, 0.05) is 19.6 Å². The highest BCUT2D eigenvalue weighted by Crippen LogP contribution is 2.30. The number of aromatic nitrogens is 7. The average Bonchev–Trinajstić information content (AvgIpc) is 3.48. The van der Waals surface area contributed by atoms with Gasteiger partial charge in [-0.15, -0.1) is 10.2 Å². The van der Waals surface area contributed by atoms with Crippen molar-refractivity contribution in [3.63, 3.8) is 0 Å². The first-order valence-corrected chi connectivity index (χ1v) is 10.2. The van der Waals surface area contributed by atoms with Crippen LogP contribution >= 0.6 is 0 Å². The Labute approximate surface area is 169 Å². The van der Waals surface area contributed by atoms with Gasteiger partial charge in [0.15, 0.2) is 11.5 Å². The SMILES string of the molecule is Cn1c(-c2ncnc3nc[nH]c23)nnc1N1CCCC1CCCc1ccccc1. The van der Waals surface area contributed by atoms with Crippen LogP contribution < -0.4 is 4.90 Å². The highest BCUT2D eigenvalue weighted by Gasteiger charge is 2.29. The van der Waals surface area contributed by atoms with Crippen molar-refractivity contribution in [2.24, 2.45) is 7.05 Å². The lowest BCUT2D eigenvalue weighted by molar-refractivity contribution is 0.568. The molecule has 0 bridgehead atoms. The molecule has 1 aliphatic rings. The third kappa shape index (κ3) is 3.35. The fraction of sp³-hybridized carbons (Fsp3) is 0.381.